The summed E-state index contributed by atoms with van der Waals surface area (Å²) in [5.74, 6) is 0.694. The molecular formula is C23H25BrN2O3. The van der Waals surface area contributed by atoms with Crippen LogP contribution in [-0.2, 0) is 4.79 Å². The molecule has 2 atom stereocenters. The number of nitriles is 1. The number of halogens is 1. The number of rotatable bonds is 8. The van der Waals surface area contributed by atoms with E-state index in [0.29, 0.717) is 21.5 Å². The molecule has 0 aliphatic carbocycles. The Kier molecular flexibility index (Phi) is 8.29. The largest absolute Gasteiger partial charge is 0.493 e. The Hall–Kier alpha value is -2.78. The maximum Gasteiger partial charge on any atom is 0.262 e. The zero-order valence-corrected chi connectivity index (χ0v) is 18.6. The molecule has 0 aliphatic rings. The topological polar surface area (TPSA) is 71.3 Å². The molecule has 0 heterocycles. The van der Waals surface area contributed by atoms with Crippen molar-refractivity contribution >= 4 is 27.9 Å². The van der Waals surface area contributed by atoms with Gasteiger partial charge in [0.2, 0.25) is 0 Å². The van der Waals surface area contributed by atoms with Crippen molar-refractivity contribution in [3.63, 3.8) is 0 Å². The molecule has 1 N–H and O–H groups in total. The number of amides is 1. The highest BCUT2D eigenvalue weighted by Gasteiger charge is 2.17. The summed E-state index contributed by atoms with van der Waals surface area (Å²) in [6.07, 6.45) is 2.42. The molecule has 2 rings (SSSR count). The third-order valence-electron chi connectivity index (χ3n) is 4.47. The number of nitrogens with one attached hydrogen (secondary N) is 1. The summed E-state index contributed by atoms with van der Waals surface area (Å²) in [6, 6.07) is 14.9. The lowest BCUT2D eigenvalue weighted by atomic mass is 10.1. The first-order chi connectivity index (χ1) is 13.9. The molecule has 0 unspecified atom stereocenters. The maximum atomic E-state index is 12.6. The Morgan fingerprint density at radius 3 is 2.55 bits per heavy atom. The number of nitrogens with zero attached hydrogens (tertiary/aromatic N) is 1. The molecule has 0 bridgehead atoms. The monoisotopic (exact) mass is 456 g/mol. The molecule has 2 aromatic rings. The van der Waals surface area contributed by atoms with Crippen molar-refractivity contribution in [1.29, 1.82) is 5.26 Å². The Bertz CT molecular complexity index is 920. The standard InChI is InChI=1S/C23H25BrN2O3/c1-5-15(2)29-22-20(24)12-17(13-21(22)28-4)11-19(14-25)23(27)26-16(3)18-9-7-6-8-10-18/h6-13,15-16H,5H2,1-4H3,(H,26,27)/b19-11-/t15-,16-/m0/s1. The van der Waals surface area contributed by atoms with E-state index in [2.05, 4.69) is 21.2 Å². The minimum Gasteiger partial charge on any atom is -0.493 e. The second-order valence-electron chi connectivity index (χ2n) is 6.65. The lowest BCUT2D eigenvalue weighted by Gasteiger charge is -2.17. The van der Waals surface area contributed by atoms with Gasteiger partial charge in [0.05, 0.1) is 23.7 Å². The number of benzene rings is 2. The van der Waals surface area contributed by atoms with Gasteiger partial charge in [-0.25, -0.2) is 0 Å². The van der Waals surface area contributed by atoms with Crippen LogP contribution < -0.4 is 14.8 Å². The van der Waals surface area contributed by atoms with Crippen molar-refractivity contribution in [2.45, 2.75) is 39.3 Å². The summed E-state index contributed by atoms with van der Waals surface area (Å²) in [4.78, 5) is 12.6. The minimum atomic E-state index is -0.432. The highest BCUT2D eigenvalue weighted by Crippen LogP contribution is 2.38. The molecule has 1 amide bonds. The molecular weight excluding hydrogens is 432 g/mol. The quantitative estimate of drug-likeness (QED) is 0.425. The van der Waals surface area contributed by atoms with Gasteiger partial charge >= 0.3 is 0 Å². The zero-order valence-electron chi connectivity index (χ0n) is 17.0. The lowest BCUT2D eigenvalue weighted by Crippen LogP contribution is -2.27. The smallest absolute Gasteiger partial charge is 0.262 e. The molecule has 152 valence electrons. The van der Waals surface area contributed by atoms with Crippen LogP contribution in [-0.4, -0.2) is 19.1 Å². The van der Waals surface area contributed by atoms with E-state index in [1.165, 1.54) is 6.08 Å². The lowest BCUT2D eigenvalue weighted by molar-refractivity contribution is -0.117. The second kappa shape index (κ2) is 10.7. The van der Waals surface area contributed by atoms with Crippen molar-refractivity contribution in [3.8, 4) is 17.6 Å². The molecule has 0 saturated heterocycles. The van der Waals surface area contributed by atoms with Crippen LogP contribution in [0, 0.1) is 11.3 Å². The van der Waals surface area contributed by atoms with Crippen LogP contribution in [0.2, 0.25) is 0 Å². The fraction of sp³-hybridized carbons (Fsp3) is 0.304. The van der Waals surface area contributed by atoms with Gasteiger partial charge in [-0.05, 0) is 65.5 Å². The Labute approximate surface area is 180 Å². The van der Waals surface area contributed by atoms with Crippen LogP contribution >= 0.6 is 15.9 Å². The Morgan fingerprint density at radius 2 is 1.97 bits per heavy atom. The molecule has 5 nitrogen and oxygen atoms in total. The van der Waals surface area contributed by atoms with Gasteiger partial charge in [-0.15, -0.1) is 0 Å². The molecule has 0 aliphatic heterocycles. The first-order valence-corrected chi connectivity index (χ1v) is 10.2. The Balaban J connectivity index is 2.26. The summed E-state index contributed by atoms with van der Waals surface area (Å²) < 4.78 is 12.1. The van der Waals surface area contributed by atoms with Crippen molar-refractivity contribution in [2.75, 3.05) is 7.11 Å². The summed E-state index contributed by atoms with van der Waals surface area (Å²) in [7, 11) is 1.55. The third kappa shape index (κ3) is 6.10. The van der Waals surface area contributed by atoms with Crippen LogP contribution in [0.1, 0.15) is 44.4 Å². The predicted octanol–water partition coefficient (Wildman–Crippen LogP) is 5.42. The van der Waals surface area contributed by atoms with Gasteiger partial charge in [-0.1, -0.05) is 37.3 Å². The van der Waals surface area contributed by atoms with Crippen molar-refractivity contribution < 1.29 is 14.3 Å². The third-order valence-corrected chi connectivity index (χ3v) is 5.06. The van der Waals surface area contributed by atoms with Gasteiger partial charge in [0, 0.05) is 0 Å². The van der Waals surface area contributed by atoms with Crippen LogP contribution in [0.25, 0.3) is 6.08 Å². The number of hydrogen-bond donors (Lipinski definition) is 1. The van der Waals surface area contributed by atoms with E-state index < -0.39 is 5.91 Å². The molecule has 0 fully saturated rings. The number of hydrogen-bond acceptors (Lipinski definition) is 4. The van der Waals surface area contributed by atoms with Gasteiger partial charge < -0.3 is 14.8 Å². The van der Waals surface area contributed by atoms with Gasteiger partial charge in [-0.2, -0.15) is 5.26 Å². The second-order valence-corrected chi connectivity index (χ2v) is 7.50. The molecule has 0 aromatic heterocycles. The van der Waals surface area contributed by atoms with Crippen molar-refractivity contribution in [1.82, 2.24) is 5.32 Å². The van der Waals surface area contributed by atoms with Gasteiger partial charge in [-0.3, -0.25) is 4.79 Å². The van der Waals surface area contributed by atoms with E-state index in [1.54, 1.807) is 19.2 Å². The highest BCUT2D eigenvalue weighted by atomic mass is 79.9. The van der Waals surface area contributed by atoms with Crippen molar-refractivity contribution in [2.24, 2.45) is 0 Å². The van der Waals surface area contributed by atoms with E-state index >= 15 is 0 Å². The fourth-order valence-electron chi connectivity index (χ4n) is 2.64. The number of carbonyl (C=O) groups is 1. The minimum absolute atomic E-state index is 0.0114. The van der Waals surface area contributed by atoms with E-state index in [4.69, 9.17) is 9.47 Å². The molecule has 0 radical (unpaired) electrons. The molecule has 0 saturated carbocycles. The molecule has 0 spiro atoms. The fourth-order valence-corrected chi connectivity index (χ4v) is 3.19. The SMILES string of the molecule is CC[C@H](C)Oc1c(Br)cc(/C=C(/C#N)C(=O)N[C@@H](C)c2ccccc2)cc1OC. The van der Waals surface area contributed by atoms with Crippen LogP contribution in [0.4, 0.5) is 0 Å². The van der Waals surface area contributed by atoms with E-state index in [-0.39, 0.29) is 17.7 Å². The van der Waals surface area contributed by atoms with E-state index in [9.17, 15) is 10.1 Å². The first kappa shape index (κ1) is 22.5. The number of ether oxygens (including phenoxy) is 2. The Morgan fingerprint density at radius 1 is 1.28 bits per heavy atom. The number of methoxy groups -OCH3 is 1. The van der Waals surface area contributed by atoms with Crippen LogP contribution in [0.5, 0.6) is 11.5 Å². The first-order valence-electron chi connectivity index (χ1n) is 9.41. The average Bonchev–Trinajstić information content (AvgIpc) is 2.73. The summed E-state index contributed by atoms with van der Waals surface area (Å²) >= 11 is 3.50. The predicted molar refractivity (Wildman–Crippen MR) is 118 cm³/mol. The summed E-state index contributed by atoms with van der Waals surface area (Å²) in [5, 5.41) is 12.4. The van der Waals surface area contributed by atoms with E-state index in [1.807, 2.05) is 57.2 Å². The molecule has 2 aromatic carbocycles. The highest BCUT2D eigenvalue weighted by molar-refractivity contribution is 9.10. The van der Waals surface area contributed by atoms with Crippen LogP contribution in [0.15, 0.2) is 52.5 Å². The number of carbonyl (C=O) groups excluding carboxylic acids is 1. The van der Waals surface area contributed by atoms with Crippen LogP contribution in [0.3, 0.4) is 0 Å². The van der Waals surface area contributed by atoms with Gasteiger partial charge in [0.25, 0.3) is 5.91 Å². The van der Waals surface area contributed by atoms with Gasteiger partial charge in [0.1, 0.15) is 11.6 Å². The summed E-state index contributed by atoms with van der Waals surface area (Å²) in [5.41, 5.74) is 1.63. The maximum absolute atomic E-state index is 12.6. The summed E-state index contributed by atoms with van der Waals surface area (Å²) in [6.45, 7) is 5.89. The van der Waals surface area contributed by atoms with Crippen molar-refractivity contribution in [3.05, 3.63) is 63.6 Å². The van der Waals surface area contributed by atoms with Gasteiger partial charge in [0.15, 0.2) is 11.5 Å². The molecule has 29 heavy (non-hydrogen) atoms. The van der Waals surface area contributed by atoms with E-state index in [0.717, 1.165) is 12.0 Å². The zero-order chi connectivity index (χ0) is 21.4. The molecule has 6 heteroatoms. The average molecular weight is 457 g/mol. The normalized spacial score (nSPS) is 13.2.